The molecular formula is C29H31NO5. The van der Waals surface area contributed by atoms with E-state index in [0.29, 0.717) is 23.4 Å². The smallest absolute Gasteiger partial charge is 0.306 e. The van der Waals surface area contributed by atoms with Crippen molar-refractivity contribution < 1.29 is 23.9 Å². The van der Waals surface area contributed by atoms with Crippen LogP contribution in [0.1, 0.15) is 51.9 Å². The lowest BCUT2D eigenvalue weighted by atomic mass is 10.0. The highest BCUT2D eigenvalue weighted by molar-refractivity contribution is 5.98. The van der Waals surface area contributed by atoms with E-state index < -0.39 is 5.97 Å². The van der Waals surface area contributed by atoms with Gasteiger partial charge in [0.25, 0.3) is 0 Å². The Morgan fingerprint density at radius 2 is 1.46 bits per heavy atom. The lowest BCUT2D eigenvalue weighted by molar-refractivity contribution is -0.142. The molecule has 0 saturated heterocycles. The molecule has 3 rings (SSSR count). The molecule has 1 N–H and O–H groups in total. The number of hydrogen-bond acceptors (Lipinski definition) is 5. The van der Waals surface area contributed by atoms with Crippen molar-refractivity contribution in [3.05, 3.63) is 88.5 Å². The van der Waals surface area contributed by atoms with E-state index in [2.05, 4.69) is 5.32 Å². The summed E-state index contributed by atoms with van der Waals surface area (Å²) in [5, 5.41) is 2.81. The van der Waals surface area contributed by atoms with E-state index >= 15 is 0 Å². The summed E-state index contributed by atoms with van der Waals surface area (Å²) in [6.45, 7) is 7.59. The number of amides is 1. The Bertz CT molecular complexity index is 1190. The highest BCUT2D eigenvalue weighted by Gasteiger charge is 2.12. The third-order valence-electron chi connectivity index (χ3n) is 5.74. The number of nitrogens with one attached hydrogen (secondary N) is 1. The third kappa shape index (κ3) is 7.54. The molecule has 0 bridgehead atoms. The number of benzene rings is 3. The Morgan fingerprint density at radius 1 is 0.771 bits per heavy atom. The van der Waals surface area contributed by atoms with Gasteiger partial charge in [-0.2, -0.15) is 0 Å². The quantitative estimate of drug-likeness (QED) is 0.278. The van der Waals surface area contributed by atoms with Gasteiger partial charge in [-0.15, -0.1) is 0 Å². The monoisotopic (exact) mass is 473 g/mol. The maximum absolute atomic E-state index is 12.2. The second-order valence-electron chi connectivity index (χ2n) is 8.63. The molecule has 35 heavy (non-hydrogen) atoms. The molecule has 3 aromatic rings. The first-order valence-corrected chi connectivity index (χ1v) is 11.6. The van der Waals surface area contributed by atoms with Crippen molar-refractivity contribution in [3.63, 3.8) is 0 Å². The number of esters is 1. The molecule has 0 unspecified atom stereocenters. The van der Waals surface area contributed by atoms with Crippen molar-refractivity contribution in [1.29, 1.82) is 0 Å². The topological polar surface area (TPSA) is 81.7 Å². The first kappa shape index (κ1) is 25.7. The molecule has 0 radical (unpaired) electrons. The van der Waals surface area contributed by atoms with Gasteiger partial charge in [-0.25, -0.2) is 0 Å². The highest BCUT2D eigenvalue weighted by Crippen LogP contribution is 2.29. The van der Waals surface area contributed by atoms with Crippen molar-refractivity contribution in [3.8, 4) is 11.5 Å². The van der Waals surface area contributed by atoms with E-state index in [1.54, 1.807) is 36.4 Å². The molecule has 0 aliphatic carbocycles. The largest absolute Gasteiger partial charge is 0.457 e. The van der Waals surface area contributed by atoms with Crippen LogP contribution in [-0.2, 0) is 14.3 Å². The van der Waals surface area contributed by atoms with E-state index in [-0.39, 0.29) is 31.1 Å². The summed E-state index contributed by atoms with van der Waals surface area (Å²) in [7, 11) is 0. The van der Waals surface area contributed by atoms with Gasteiger partial charge < -0.3 is 14.8 Å². The number of anilines is 1. The normalized spacial score (nSPS) is 10.5. The van der Waals surface area contributed by atoms with E-state index in [4.69, 9.17) is 9.47 Å². The fourth-order valence-corrected chi connectivity index (χ4v) is 3.52. The molecular weight excluding hydrogens is 442 g/mol. The summed E-state index contributed by atoms with van der Waals surface area (Å²) in [5.41, 5.74) is 5.37. The summed E-state index contributed by atoms with van der Waals surface area (Å²) < 4.78 is 11.1. The summed E-state index contributed by atoms with van der Waals surface area (Å²) >= 11 is 0. The number of rotatable bonds is 10. The number of para-hydroxylation sites is 1. The lowest BCUT2D eigenvalue weighted by Gasteiger charge is -2.12. The standard InChI is InChI=1S/C29H31NO5/c1-19-11-12-23(17-22(19)4)26(31)18-34-28(33)10-6-9-27(32)30-24-13-15-25(16-14-24)35-29-20(2)7-5-8-21(29)3/h5,7-8,11-17H,6,9-10,18H2,1-4H3,(H,30,32). The molecule has 182 valence electrons. The van der Waals surface area contributed by atoms with Gasteiger partial charge in [-0.1, -0.05) is 30.3 Å². The Morgan fingerprint density at radius 3 is 2.11 bits per heavy atom. The molecule has 0 heterocycles. The Balaban J connectivity index is 1.38. The lowest BCUT2D eigenvalue weighted by Crippen LogP contribution is -2.15. The molecule has 0 aromatic heterocycles. The van der Waals surface area contributed by atoms with Gasteiger partial charge in [-0.3, -0.25) is 14.4 Å². The average molecular weight is 474 g/mol. The SMILES string of the molecule is Cc1ccc(C(=O)COC(=O)CCCC(=O)Nc2ccc(Oc3c(C)cccc3C)cc2)cc1C. The number of aryl methyl sites for hydroxylation is 4. The van der Waals surface area contributed by atoms with Gasteiger partial charge in [0.2, 0.25) is 5.91 Å². The van der Waals surface area contributed by atoms with Crippen LogP contribution in [0, 0.1) is 27.7 Å². The van der Waals surface area contributed by atoms with Gasteiger partial charge >= 0.3 is 5.97 Å². The van der Waals surface area contributed by atoms with Crippen molar-refractivity contribution in [1.82, 2.24) is 0 Å². The summed E-state index contributed by atoms with van der Waals surface area (Å²) in [5.74, 6) is 0.560. The highest BCUT2D eigenvalue weighted by atomic mass is 16.5. The van der Waals surface area contributed by atoms with Crippen molar-refractivity contribution >= 4 is 23.3 Å². The average Bonchev–Trinajstić information content (AvgIpc) is 2.83. The van der Waals surface area contributed by atoms with Crippen LogP contribution in [0.2, 0.25) is 0 Å². The van der Waals surface area contributed by atoms with Gasteiger partial charge in [-0.05, 0) is 86.7 Å². The molecule has 6 nitrogen and oxygen atoms in total. The third-order valence-corrected chi connectivity index (χ3v) is 5.74. The summed E-state index contributed by atoms with van der Waals surface area (Å²) in [6, 6.07) is 18.5. The predicted octanol–water partition coefficient (Wildman–Crippen LogP) is 6.25. The fraction of sp³-hybridized carbons (Fsp3) is 0.276. The minimum atomic E-state index is -0.497. The minimum absolute atomic E-state index is 0.0657. The fourth-order valence-electron chi connectivity index (χ4n) is 3.52. The van der Waals surface area contributed by atoms with Crippen molar-refractivity contribution in [2.75, 3.05) is 11.9 Å². The molecule has 0 atom stereocenters. The summed E-state index contributed by atoms with van der Waals surface area (Å²) in [4.78, 5) is 36.4. The number of hydrogen-bond donors (Lipinski definition) is 1. The van der Waals surface area contributed by atoms with Crippen LogP contribution in [0.15, 0.2) is 60.7 Å². The predicted molar refractivity (Wildman–Crippen MR) is 136 cm³/mol. The zero-order valence-electron chi connectivity index (χ0n) is 20.6. The molecule has 0 saturated carbocycles. The van der Waals surface area contributed by atoms with Crippen molar-refractivity contribution in [2.45, 2.75) is 47.0 Å². The van der Waals surface area contributed by atoms with Crippen LogP contribution in [-0.4, -0.2) is 24.3 Å². The Hall–Kier alpha value is -3.93. The van der Waals surface area contributed by atoms with E-state index in [9.17, 15) is 14.4 Å². The maximum Gasteiger partial charge on any atom is 0.306 e. The first-order chi connectivity index (χ1) is 16.7. The number of carbonyl (C=O) groups is 3. The van der Waals surface area contributed by atoms with E-state index in [1.807, 2.05) is 52.0 Å². The van der Waals surface area contributed by atoms with Crippen molar-refractivity contribution in [2.24, 2.45) is 0 Å². The molecule has 0 aliphatic heterocycles. The zero-order valence-corrected chi connectivity index (χ0v) is 20.6. The first-order valence-electron chi connectivity index (χ1n) is 11.6. The van der Waals surface area contributed by atoms with E-state index in [0.717, 1.165) is 28.0 Å². The van der Waals surface area contributed by atoms with Gasteiger partial charge in [0.15, 0.2) is 12.4 Å². The molecule has 6 heteroatoms. The second kappa shape index (κ2) is 12.0. The molecule has 0 aliphatic rings. The number of ketones is 1. The Labute approximate surface area is 206 Å². The second-order valence-corrected chi connectivity index (χ2v) is 8.63. The van der Waals surface area contributed by atoms with Crippen LogP contribution < -0.4 is 10.1 Å². The number of carbonyl (C=O) groups excluding carboxylic acids is 3. The number of ether oxygens (including phenoxy) is 2. The maximum atomic E-state index is 12.2. The van der Waals surface area contributed by atoms with Crippen LogP contribution in [0.5, 0.6) is 11.5 Å². The van der Waals surface area contributed by atoms with Crippen LogP contribution in [0.3, 0.4) is 0 Å². The zero-order chi connectivity index (χ0) is 25.4. The number of Topliss-reactive ketones (excluding diaryl/α,β-unsaturated/α-hetero) is 1. The van der Waals surface area contributed by atoms with Gasteiger partial charge in [0.05, 0.1) is 0 Å². The van der Waals surface area contributed by atoms with Gasteiger partial charge in [0, 0.05) is 24.1 Å². The van der Waals surface area contributed by atoms with Crippen LogP contribution in [0.25, 0.3) is 0 Å². The van der Waals surface area contributed by atoms with Gasteiger partial charge in [0.1, 0.15) is 11.5 Å². The molecule has 0 fully saturated rings. The van der Waals surface area contributed by atoms with E-state index in [1.165, 1.54) is 0 Å². The minimum Gasteiger partial charge on any atom is -0.457 e. The van der Waals surface area contributed by atoms with Crippen LogP contribution in [0.4, 0.5) is 5.69 Å². The summed E-state index contributed by atoms with van der Waals surface area (Å²) in [6.07, 6.45) is 0.563. The molecule has 0 spiro atoms. The molecule has 1 amide bonds. The molecule has 3 aromatic carbocycles. The Kier molecular flexibility index (Phi) is 8.79. The van der Waals surface area contributed by atoms with Crippen LogP contribution >= 0.6 is 0 Å².